The van der Waals surface area contributed by atoms with Crippen molar-refractivity contribution in [2.24, 2.45) is 5.92 Å². The van der Waals surface area contributed by atoms with E-state index in [4.69, 9.17) is 0 Å². The van der Waals surface area contributed by atoms with Crippen LogP contribution in [0.2, 0.25) is 0 Å². The van der Waals surface area contributed by atoms with E-state index in [0.717, 1.165) is 5.56 Å². The maximum absolute atomic E-state index is 13.0. The molecule has 0 amide bonds. The number of aromatic nitrogens is 3. The second-order valence-corrected chi connectivity index (χ2v) is 11.0. The Morgan fingerprint density at radius 1 is 1.09 bits per heavy atom. The van der Waals surface area contributed by atoms with Crippen LogP contribution >= 0.6 is 11.8 Å². The largest absolute Gasteiger partial charge is 0.302 e. The molecular weight excluding hydrogens is 474 g/mol. The zero-order valence-corrected chi connectivity index (χ0v) is 21.3. The summed E-state index contributed by atoms with van der Waals surface area (Å²) in [5, 5.41) is 20.3. The summed E-state index contributed by atoms with van der Waals surface area (Å²) in [4.78, 5) is 10.7. The maximum Gasteiger partial charge on any atom is 0.269 e. The maximum atomic E-state index is 13.0. The third-order valence-corrected chi connectivity index (χ3v) is 8.30. The van der Waals surface area contributed by atoms with Gasteiger partial charge >= 0.3 is 0 Å². The van der Waals surface area contributed by atoms with Crippen LogP contribution in [0.1, 0.15) is 33.3 Å². The van der Waals surface area contributed by atoms with Crippen LogP contribution in [-0.2, 0) is 22.3 Å². The second-order valence-electron chi connectivity index (χ2n) is 8.14. The lowest BCUT2D eigenvalue weighted by Crippen LogP contribution is -2.30. The summed E-state index contributed by atoms with van der Waals surface area (Å²) in [6, 6.07) is 13.3. The molecule has 0 aliphatic heterocycles. The van der Waals surface area contributed by atoms with Gasteiger partial charge in [-0.25, -0.2) is 8.42 Å². The fourth-order valence-corrected chi connectivity index (χ4v) is 5.92. The topological polar surface area (TPSA) is 111 Å². The van der Waals surface area contributed by atoms with E-state index in [0.29, 0.717) is 47.8 Å². The lowest BCUT2D eigenvalue weighted by atomic mass is 10.2. The average molecular weight is 504 g/mol. The highest BCUT2D eigenvalue weighted by Crippen LogP contribution is 2.29. The Hall–Kier alpha value is -2.76. The minimum absolute atomic E-state index is 0.0542. The van der Waals surface area contributed by atoms with Crippen molar-refractivity contribution in [2.75, 3.05) is 13.1 Å². The molecule has 34 heavy (non-hydrogen) atoms. The molecule has 0 saturated carbocycles. The smallest absolute Gasteiger partial charge is 0.269 e. The molecule has 182 valence electrons. The van der Waals surface area contributed by atoms with Gasteiger partial charge in [-0.1, -0.05) is 63.7 Å². The van der Waals surface area contributed by atoms with Gasteiger partial charge in [0.1, 0.15) is 0 Å². The Balaban J connectivity index is 1.92. The second kappa shape index (κ2) is 11.1. The van der Waals surface area contributed by atoms with Crippen molar-refractivity contribution in [2.45, 2.75) is 50.0 Å². The van der Waals surface area contributed by atoms with Gasteiger partial charge in [-0.05, 0) is 23.6 Å². The summed E-state index contributed by atoms with van der Waals surface area (Å²) in [5.74, 6) is 1.50. The number of thioether (sulfide) groups is 1. The van der Waals surface area contributed by atoms with Gasteiger partial charge in [0.05, 0.1) is 9.82 Å². The van der Waals surface area contributed by atoms with Crippen LogP contribution in [0.4, 0.5) is 5.69 Å². The van der Waals surface area contributed by atoms with E-state index in [-0.39, 0.29) is 10.6 Å². The molecule has 0 aliphatic carbocycles. The molecule has 0 atom stereocenters. The molecule has 2 aromatic carbocycles. The molecule has 9 nitrogen and oxygen atoms in total. The zero-order chi connectivity index (χ0) is 24.9. The number of nitro benzene ring substituents is 1. The van der Waals surface area contributed by atoms with Gasteiger partial charge in [-0.2, -0.15) is 4.31 Å². The van der Waals surface area contributed by atoms with Crippen LogP contribution in [0.3, 0.4) is 0 Å². The van der Waals surface area contributed by atoms with Gasteiger partial charge in [0.15, 0.2) is 11.0 Å². The average Bonchev–Trinajstić information content (AvgIpc) is 3.20. The van der Waals surface area contributed by atoms with Crippen LogP contribution < -0.4 is 0 Å². The predicted molar refractivity (Wildman–Crippen MR) is 133 cm³/mol. The fourth-order valence-electron chi connectivity index (χ4n) is 3.51. The lowest BCUT2D eigenvalue weighted by molar-refractivity contribution is -0.384. The van der Waals surface area contributed by atoms with E-state index in [1.54, 1.807) is 30.3 Å². The van der Waals surface area contributed by atoms with Crippen molar-refractivity contribution in [3.8, 4) is 11.4 Å². The third kappa shape index (κ3) is 5.83. The number of benzene rings is 2. The normalized spacial score (nSPS) is 11.9. The monoisotopic (exact) mass is 503 g/mol. The molecule has 0 aliphatic rings. The highest BCUT2D eigenvalue weighted by atomic mass is 32.2. The van der Waals surface area contributed by atoms with Crippen LogP contribution in [0.15, 0.2) is 58.6 Å². The molecule has 0 spiro atoms. The van der Waals surface area contributed by atoms with Crippen LogP contribution in [0.25, 0.3) is 11.4 Å². The number of hydrogen-bond acceptors (Lipinski definition) is 7. The Labute approximate surface area is 204 Å². The van der Waals surface area contributed by atoms with Crippen LogP contribution in [-0.4, -0.2) is 45.5 Å². The summed E-state index contributed by atoms with van der Waals surface area (Å²) in [5.41, 5.74) is 1.67. The Bertz CT molecular complexity index is 1240. The minimum Gasteiger partial charge on any atom is -0.302 e. The molecule has 11 heteroatoms. The standard InChI is InChI=1S/C23H29N5O4S2/c1-5-26(6-2)34(31,32)21-9-7-8-19(14-21)22-24-25-23(27(22)15-17(3)4)33-16-18-10-12-20(13-11-18)28(29)30/h7-14,17H,5-6,15-16H2,1-4H3. The number of sulfonamides is 1. The minimum atomic E-state index is -3.59. The molecule has 0 radical (unpaired) electrons. The quantitative estimate of drug-likeness (QED) is 0.209. The molecule has 3 aromatic rings. The van der Waals surface area contributed by atoms with Crippen LogP contribution in [0, 0.1) is 16.0 Å². The van der Waals surface area contributed by atoms with Gasteiger partial charge in [-0.15, -0.1) is 10.2 Å². The third-order valence-electron chi connectivity index (χ3n) is 5.22. The van der Waals surface area contributed by atoms with Crippen molar-refractivity contribution in [3.63, 3.8) is 0 Å². The van der Waals surface area contributed by atoms with Crippen molar-refractivity contribution in [1.82, 2.24) is 19.1 Å². The first-order valence-electron chi connectivity index (χ1n) is 11.1. The number of nitro groups is 1. The summed E-state index contributed by atoms with van der Waals surface area (Å²) in [6.45, 7) is 9.28. The van der Waals surface area contributed by atoms with Gasteiger partial charge in [0, 0.05) is 43.1 Å². The van der Waals surface area contributed by atoms with E-state index in [1.807, 2.05) is 24.5 Å². The molecule has 0 saturated heterocycles. The Morgan fingerprint density at radius 3 is 2.35 bits per heavy atom. The molecule has 0 N–H and O–H groups in total. The fraction of sp³-hybridized carbons (Fsp3) is 0.391. The first-order valence-corrected chi connectivity index (χ1v) is 13.5. The lowest BCUT2D eigenvalue weighted by Gasteiger charge is -2.19. The van der Waals surface area contributed by atoms with Crippen molar-refractivity contribution in [3.05, 3.63) is 64.2 Å². The Morgan fingerprint density at radius 2 is 1.76 bits per heavy atom. The molecule has 3 rings (SSSR count). The van der Waals surface area contributed by atoms with Crippen LogP contribution in [0.5, 0.6) is 0 Å². The molecule has 0 bridgehead atoms. The van der Waals surface area contributed by atoms with E-state index in [9.17, 15) is 18.5 Å². The first-order chi connectivity index (χ1) is 16.2. The highest BCUT2D eigenvalue weighted by Gasteiger charge is 2.23. The SMILES string of the molecule is CCN(CC)S(=O)(=O)c1cccc(-c2nnc(SCc3ccc([N+](=O)[O-])cc3)n2CC(C)C)c1. The number of rotatable bonds is 11. The summed E-state index contributed by atoms with van der Waals surface area (Å²) in [7, 11) is -3.59. The van der Waals surface area contributed by atoms with E-state index < -0.39 is 14.9 Å². The molecule has 1 aromatic heterocycles. The molecule has 1 heterocycles. The van der Waals surface area contributed by atoms with Gasteiger partial charge in [0.25, 0.3) is 5.69 Å². The van der Waals surface area contributed by atoms with E-state index in [1.165, 1.54) is 28.2 Å². The Kier molecular flexibility index (Phi) is 8.45. The van der Waals surface area contributed by atoms with Gasteiger partial charge in [-0.3, -0.25) is 10.1 Å². The number of hydrogen-bond donors (Lipinski definition) is 0. The first kappa shape index (κ1) is 25.9. The summed E-state index contributed by atoms with van der Waals surface area (Å²) in [6.07, 6.45) is 0. The highest BCUT2D eigenvalue weighted by molar-refractivity contribution is 7.98. The molecule has 0 unspecified atom stereocenters. The van der Waals surface area contributed by atoms with Gasteiger partial charge < -0.3 is 4.57 Å². The van der Waals surface area contributed by atoms with E-state index in [2.05, 4.69) is 24.0 Å². The summed E-state index contributed by atoms with van der Waals surface area (Å²) < 4.78 is 29.4. The molecular formula is C23H29N5O4S2. The van der Waals surface area contributed by atoms with E-state index >= 15 is 0 Å². The van der Waals surface area contributed by atoms with Gasteiger partial charge in [0.2, 0.25) is 10.0 Å². The van der Waals surface area contributed by atoms with Crippen molar-refractivity contribution < 1.29 is 13.3 Å². The van der Waals surface area contributed by atoms with Crippen molar-refractivity contribution in [1.29, 1.82) is 0 Å². The summed E-state index contributed by atoms with van der Waals surface area (Å²) >= 11 is 1.49. The van der Waals surface area contributed by atoms with Crippen molar-refractivity contribution >= 4 is 27.5 Å². The predicted octanol–water partition coefficient (Wildman–Crippen LogP) is 4.83. The number of nitrogens with zero attached hydrogens (tertiary/aromatic N) is 5. The molecule has 0 fully saturated rings. The zero-order valence-electron chi connectivity index (χ0n) is 19.7. The number of non-ortho nitro benzene ring substituents is 1.